The topological polar surface area (TPSA) is 25.2 Å². The molecule has 1 atom stereocenters. The first kappa shape index (κ1) is 11.7. The molecule has 2 nitrogen and oxygen atoms in total. The molecule has 0 fully saturated rings. The third-order valence-corrected chi connectivity index (χ3v) is 3.67. The van der Waals surface area contributed by atoms with E-state index in [4.69, 9.17) is 16.0 Å². The van der Waals surface area contributed by atoms with Gasteiger partial charge in [0.1, 0.15) is 0 Å². The molecule has 2 rings (SSSR count). The Bertz CT molecular complexity index is 470. The van der Waals surface area contributed by atoms with Gasteiger partial charge in [0, 0.05) is 10.0 Å². The standard InChI is InChI=1S/C12H11BrClNO/c1-15-12(9-4-5-16-7-9)8-2-3-10(13)11(14)6-8/h2-7,12,15H,1H3. The molecule has 0 saturated carbocycles. The van der Waals surface area contributed by atoms with E-state index in [-0.39, 0.29) is 6.04 Å². The summed E-state index contributed by atoms with van der Waals surface area (Å²) in [6, 6.07) is 7.97. The van der Waals surface area contributed by atoms with Crippen molar-refractivity contribution in [1.82, 2.24) is 5.32 Å². The Balaban J connectivity index is 2.37. The number of nitrogens with one attached hydrogen (secondary N) is 1. The Morgan fingerprint density at radius 2 is 2.12 bits per heavy atom. The highest BCUT2D eigenvalue weighted by Gasteiger charge is 2.13. The van der Waals surface area contributed by atoms with Crippen molar-refractivity contribution in [2.45, 2.75) is 6.04 Å². The van der Waals surface area contributed by atoms with Crippen LogP contribution in [0.25, 0.3) is 0 Å². The number of benzene rings is 1. The van der Waals surface area contributed by atoms with E-state index in [0.29, 0.717) is 5.02 Å². The van der Waals surface area contributed by atoms with Gasteiger partial charge in [-0.05, 0) is 46.7 Å². The van der Waals surface area contributed by atoms with Crippen LogP contribution >= 0.6 is 27.5 Å². The zero-order valence-electron chi connectivity index (χ0n) is 8.71. The largest absolute Gasteiger partial charge is 0.472 e. The molecule has 1 heterocycles. The third kappa shape index (κ3) is 2.32. The average Bonchev–Trinajstić information content (AvgIpc) is 2.78. The maximum Gasteiger partial charge on any atom is 0.0953 e. The van der Waals surface area contributed by atoms with Gasteiger partial charge in [0.25, 0.3) is 0 Å². The molecule has 0 radical (unpaired) electrons. The highest BCUT2D eigenvalue weighted by atomic mass is 79.9. The van der Waals surface area contributed by atoms with Gasteiger partial charge in [-0.15, -0.1) is 0 Å². The molecule has 16 heavy (non-hydrogen) atoms. The lowest BCUT2D eigenvalue weighted by atomic mass is 10.0. The van der Waals surface area contributed by atoms with Crippen LogP contribution in [0, 0.1) is 0 Å². The van der Waals surface area contributed by atoms with E-state index in [1.807, 2.05) is 31.3 Å². The van der Waals surface area contributed by atoms with Crippen molar-refractivity contribution in [3.05, 3.63) is 57.4 Å². The maximum absolute atomic E-state index is 6.08. The number of hydrogen-bond donors (Lipinski definition) is 1. The maximum atomic E-state index is 6.08. The fourth-order valence-corrected chi connectivity index (χ4v) is 2.09. The summed E-state index contributed by atoms with van der Waals surface area (Å²) in [7, 11) is 1.91. The molecule has 4 heteroatoms. The first-order valence-electron chi connectivity index (χ1n) is 4.86. The van der Waals surface area contributed by atoms with Gasteiger partial charge in [-0.1, -0.05) is 17.7 Å². The fraction of sp³-hybridized carbons (Fsp3) is 0.167. The van der Waals surface area contributed by atoms with Crippen LogP contribution in [-0.2, 0) is 0 Å². The lowest BCUT2D eigenvalue weighted by Gasteiger charge is -2.15. The summed E-state index contributed by atoms with van der Waals surface area (Å²) in [4.78, 5) is 0. The molecular weight excluding hydrogens is 289 g/mol. The SMILES string of the molecule is CNC(c1ccoc1)c1ccc(Br)c(Cl)c1. The van der Waals surface area contributed by atoms with Gasteiger partial charge in [-0.25, -0.2) is 0 Å². The van der Waals surface area contributed by atoms with Crippen LogP contribution in [0.15, 0.2) is 45.7 Å². The van der Waals surface area contributed by atoms with Crippen LogP contribution in [0.2, 0.25) is 5.02 Å². The first-order valence-corrected chi connectivity index (χ1v) is 6.04. The normalized spacial score (nSPS) is 12.7. The highest BCUT2D eigenvalue weighted by molar-refractivity contribution is 9.10. The predicted molar refractivity (Wildman–Crippen MR) is 68.8 cm³/mol. The van der Waals surface area contributed by atoms with Crippen LogP contribution in [-0.4, -0.2) is 7.05 Å². The van der Waals surface area contributed by atoms with Crippen molar-refractivity contribution in [1.29, 1.82) is 0 Å². The van der Waals surface area contributed by atoms with Crippen molar-refractivity contribution < 1.29 is 4.42 Å². The second-order valence-electron chi connectivity index (χ2n) is 3.45. The fourth-order valence-electron chi connectivity index (χ4n) is 1.66. The van der Waals surface area contributed by atoms with Crippen LogP contribution in [0.5, 0.6) is 0 Å². The molecule has 0 aliphatic heterocycles. The molecule has 0 spiro atoms. The zero-order chi connectivity index (χ0) is 11.5. The minimum Gasteiger partial charge on any atom is -0.472 e. The lowest BCUT2D eigenvalue weighted by molar-refractivity contribution is 0.557. The van der Waals surface area contributed by atoms with Crippen molar-refractivity contribution in [2.24, 2.45) is 0 Å². The number of furan rings is 1. The second-order valence-corrected chi connectivity index (χ2v) is 4.71. The molecule has 84 valence electrons. The highest BCUT2D eigenvalue weighted by Crippen LogP contribution is 2.29. The van der Waals surface area contributed by atoms with Gasteiger partial charge in [0.05, 0.1) is 23.6 Å². The molecule has 1 N–H and O–H groups in total. The van der Waals surface area contributed by atoms with E-state index in [2.05, 4.69) is 21.2 Å². The van der Waals surface area contributed by atoms with Gasteiger partial charge in [-0.3, -0.25) is 0 Å². The van der Waals surface area contributed by atoms with E-state index < -0.39 is 0 Å². The predicted octanol–water partition coefficient (Wildman–Crippen LogP) is 4.00. The summed E-state index contributed by atoms with van der Waals surface area (Å²) in [6.07, 6.45) is 3.40. The van der Waals surface area contributed by atoms with E-state index in [9.17, 15) is 0 Å². The van der Waals surface area contributed by atoms with Crippen molar-refractivity contribution in [3.63, 3.8) is 0 Å². The Hall–Kier alpha value is -0.770. The minimum atomic E-state index is 0.101. The Kier molecular flexibility index (Phi) is 3.69. The number of rotatable bonds is 3. The average molecular weight is 301 g/mol. The monoisotopic (exact) mass is 299 g/mol. The molecule has 0 amide bonds. The summed E-state index contributed by atoms with van der Waals surface area (Å²) >= 11 is 9.46. The molecule has 0 aliphatic carbocycles. The van der Waals surface area contributed by atoms with E-state index in [1.54, 1.807) is 12.5 Å². The Morgan fingerprint density at radius 3 is 2.69 bits per heavy atom. The van der Waals surface area contributed by atoms with Crippen LogP contribution < -0.4 is 5.32 Å². The van der Waals surface area contributed by atoms with Gasteiger partial charge in [-0.2, -0.15) is 0 Å². The first-order chi connectivity index (χ1) is 7.72. The van der Waals surface area contributed by atoms with Crippen LogP contribution in [0.4, 0.5) is 0 Å². The molecule has 1 aromatic heterocycles. The van der Waals surface area contributed by atoms with Crippen LogP contribution in [0.1, 0.15) is 17.2 Å². The summed E-state index contributed by atoms with van der Waals surface area (Å²) in [5, 5.41) is 3.94. The molecule has 0 saturated heterocycles. The second kappa shape index (κ2) is 5.04. The number of hydrogen-bond acceptors (Lipinski definition) is 2. The minimum absolute atomic E-state index is 0.101. The van der Waals surface area contributed by atoms with Gasteiger partial charge in [0.15, 0.2) is 0 Å². The summed E-state index contributed by atoms with van der Waals surface area (Å²) in [5.74, 6) is 0. The van der Waals surface area contributed by atoms with Gasteiger partial charge >= 0.3 is 0 Å². The van der Waals surface area contributed by atoms with Crippen LogP contribution in [0.3, 0.4) is 0 Å². The lowest BCUT2D eigenvalue weighted by Crippen LogP contribution is -2.16. The van der Waals surface area contributed by atoms with E-state index >= 15 is 0 Å². The summed E-state index contributed by atoms with van der Waals surface area (Å²) in [5.41, 5.74) is 2.19. The quantitative estimate of drug-likeness (QED) is 0.926. The van der Waals surface area contributed by atoms with Gasteiger partial charge < -0.3 is 9.73 Å². The third-order valence-electron chi connectivity index (χ3n) is 2.44. The van der Waals surface area contributed by atoms with E-state index in [1.165, 1.54) is 0 Å². The summed E-state index contributed by atoms with van der Waals surface area (Å²) in [6.45, 7) is 0. The molecule has 0 bridgehead atoms. The summed E-state index contributed by atoms with van der Waals surface area (Å²) < 4.78 is 5.99. The van der Waals surface area contributed by atoms with E-state index in [0.717, 1.165) is 15.6 Å². The molecule has 1 aromatic carbocycles. The Labute approximate surface area is 108 Å². The molecular formula is C12H11BrClNO. The van der Waals surface area contributed by atoms with Crippen molar-refractivity contribution in [2.75, 3.05) is 7.05 Å². The smallest absolute Gasteiger partial charge is 0.0953 e. The molecule has 1 unspecified atom stereocenters. The zero-order valence-corrected chi connectivity index (χ0v) is 11.0. The number of halogens is 2. The van der Waals surface area contributed by atoms with Crippen molar-refractivity contribution in [3.8, 4) is 0 Å². The molecule has 0 aliphatic rings. The van der Waals surface area contributed by atoms with Crippen molar-refractivity contribution >= 4 is 27.5 Å². The Morgan fingerprint density at radius 1 is 1.31 bits per heavy atom. The molecule has 2 aromatic rings. The van der Waals surface area contributed by atoms with Gasteiger partial charge in [0.2, 0.25) is 0 Å².